The summed E-state index contributed by atoms with van der Waals surface area (Å²) in [5, 5.41) is 0.623. The molecular formula is C17H17BrClFN2O2. The van der Waals surface area contributed by atoms with E-state index in [1.807, 2.05) is 32.9 Å². The van der Waals surface area contributed by atoms with Gasteiger partial charge in [-0.15, -0.1) is 0 Å². The summed E-state index contributed by atoms with van der Waals surface area (Å²) < 4.78 is 18.9. The van der Waals surface area contributed by atoms with E-state index in [-0.39, 0.29) is 10.4 Å². The van der Waals surface area contributed by atoms with Crippen molar-refractivity contribution < 1.29 is 13.9 Å². The lowest BCUT2D eigenvalue weighted by Crippen LogP contribution is -2.46. The Morgan fingerprint density at radius 1 is 1.25 bits per heavy atom. The average Bonchev–Trinajstić information content (AvgIpc) is 2.49. The van der Waals surface area contributed by atoms with Crippen molar-refractivity contribution in [2.24, 2.45) is 0 Å². The zero-order valence-corrected chi connectivity index (χ0v) is 15.9. The van der Waals surface area contributed by atoms with Gasteiger partial charge < -0.3 is 4.74 Å². The van der Waals surface area contributed by atoms with Gasteiger partial charge in [0.15, 0.2) is 0 Å². The van der Waals surface area contributed by atoms with Crippen molar-refractivity contribution >= 4 is 33.6 Å². The molecule has 0 spiro atoms. The maximum atomic E-state index is 13.5. The second kappa shape index (κ2) is 7.49. The smallest absolute Gasteiger partial charge is 0.391 e. The van der Waals surface area contributed by atoms with E-state index in [9.17, 15) is 9.18 Å². The molecule has 1 heterocycles. The highest BCUT2D eigenvalue weighted by Gasteiger charge is 2.28. The molecule has 0 bridgehead atoms. The van der Waals surface area contributed by atoms with Crippen LogP contribution in [0.2, 0.25) is 5.02 Å². The topological polar surface area (TPSA) is 42.4 Å². The third kappa shape index (κ3) is 4.92. The summed E-state index contributed by atoms with van der Waals surface area (Å²) in [6.07, 6.45) is -0.605. The number of ether oxygens (including phenoxy) is 1. The molecule has 7 heteroatoms. The predicted molar refractivity (Wildman–Crippen MR) is 94.7 cm³/mol. The van der Waals surface area contributed by atoms with Crippen molar-refractivity contribution in [1.29, 1.82) is 0 Å². The Bertz CT molecular complexity index is 732. The van der Waals surface area contributed by atoms with E-state index in [4.69, 9.17) is 16.3 Å². The fraction of sp³-hybridized carbons (Fsp3) is 0.294. The molecule has 0 fully saturated rings. The largest absolute Gasteiger partial charge is 0.417 e. The van der Waals surface area contributed by atoms with E-state index < -0.39 is 17.6 Å². The quantitative estimate of drug-likeness (QED) is 0.627. The molecule has 0 aliphatic carbocycles. The number of benzene rings is 1. The molecule has 4 nitrogen and oxygen atoms in total. The number of amides is 1. The molecule has 0 aliphatic rings. The van der Waals surface area contributed by atoms with Gasteiger partial charge in [-0.1, -0.05) is 23.7 Å². The van der Waals surface area contributed by atoms with Gasteiger partial charge in [-0.25, -0.2) is 4.79 Å². The minimum Gasteiger partial charge on any atom is -0.391 e. The number of aromatic nitrogens is 1. The zero-order chi connectivity index (χ0) is 17.9. The second-order valence-electron chi connectivity index (χ2n) is 6.17. The maximum Gasteiger partial charge on any atom is 0.417 e. The Morgan fingerprint density at radius 2 is 1.88 bits per heavy atom. The first kappa shape index (κ1) is 18.7. The Morgan fingerprint density at radius 3 is 2.42 bits per heavy atom. The Kier molecular flexibility index (Phi) is 5.83. The number of pyridine rings is 1. The summed E-state index contributed by atoms with van der Waals surface area (Å²) in [5.41, 5.74) is 0.408. The van der Waals surface area contributed by atoms with Gasteiger partial charge in [-0.2, -0.15) is 9.37 Å². The van der Waals surface area contributed by atoms with Crippen molar-refractivity contribution in [3.63, 3.8) is 0 Å². The first-order valence-electron chi connectivity index (χ1n) is 7.23. The molecule has 0 unspecified atom stereocenters. The van der Waals surface area contributed by atoms with Crippen LogP contribution < -0.4 is 4.74 Å². The highest BCUT2D eigenvalue weighted by Crippen LogP contribution is 2.22. The number of hydrogen-bond donors (Lipinski definition) is 0. The van der Waals surface area contributed by atoms with Crippen LogP contribution in [0.1, 0.15) is 26.3 Å². The van der Waals surface area contributed by atoms with E-state index >= 15 is 0 Å². The van der Waals surface area contributed by atoms with Crippen molar-refractivity contribution in [2.75, 3.05) is 0 Å². The molecule has 2 aromatic rings. The predicted octanol–water partition coefficient (Wildman–Crippen LogP) is 5.44. The van der Waals surface area contributed by atoms with Crippen LogP contribution in [0.15, 0.2) is 40.9 Å². The van der Waals surface area contributed by atoms with Crippen LogP contribution in [0.4, 0.5) is 9.18 Å². The lowest BCUT2D eigenvalue weighted by atomic mass is 10.1. The number of nitrogens with zero attached hydrogens (tertiary/aromatic N) is 2. The van der Waals surface area contributed by atoms with Crippen molar-refractivity contribution in [2.45, 2.75) is 32.9 Å². The van der Waals surface area contributed by atoms with E-state index in [1.165, 1.54) is 17.0 Å². The van der Waals surface area contributed by atoms with Crippen molar-refractivity contribution in [3.05, 3.63) is 57.4 Å². The molecule has 0 saturated heterocycles. The molecule has 0 saturated carbocycles. The fourth-order valence-electron chi connectivity index (χ4n) is 1.95. The number of carbonyl (C=O) groups is 1. The molecule has 0 N–H and O–H groups in total. The Hall–Kier alpha value is -1.66. The summed E-state index contributed by atoms with van der Waals surface area (Å²) in [6.45, 7) is 6.00. The lowest BCUT2D eigenvalue weighted by Gasteiger charge is -2.34. The normalized spacial score (nSPS) is 11.2. The minimum absolute atomic E-state index is 0.0916. The van der Waals surface area contributed by atoms with Gasteiger partial charge in [-0.3, -0.25) is 4.90 Å². The van der Waals surface area contributed by atoms with E-state index in [0.717, 1.165) is 5.56 Å². The Balaban J connectivity index is 2.19. The van der Waals surface area contributed by atoms with Crippen LogP contribution in [0.3, 0.4) is 0 Å². The van der Waals surface area contributed by atoms with Gasteiger partial charge in [0.1, 0.15) is 0 Å². The van der Waals surface area contributed by atoms with Gasteiger partial charge in [0, 0.05) is 23.2 Å². The Labute approximate surface area is 153 Å². The van der Waals surface area contributed by atoms with Gasteiger partial charge in [0.25, 0.3) is 0 Å². The van der Waals surface area contributed by atoms with Gasteiger partial charge >= 0.3 is 6.09 Å². The summed E-state index contributed by atoms with van der Waals surface area (Å²) >= 11 is 8.89. The van der Waals surface area contributed by atoms with Gasteiger partial charge in [0.2, 0.25) is 11.8 Å². The highest BCUT2D eigenvalue weighted by molar-refractivity contribution is 9.10. The van der Waals surface area contributed by atoms with Crippen LogP contribution in [0.25, 0.3) is 0 Å². The second-order valence-corrected chi connectivity index (χ2v) is 7.46. The third-order valence-corrected chi connectivity index (χ3v) is 4.10. The summed E-state index contributed by atoms with van der Waals surface area (Å²) in [7, 11) is 0. The number of carbonyl (C=O) groups excluding carboxylic acids is 1. The molecule has 0 aliphatic heterocycles. The number of hydrogen-bond acceptors (Lipinski definition) is 3. The van der Waals surface area contributed by atoms with Crippen LogP contribution in [0.5, 0.6) is 5.88 Å². The molecule has 24 heavy (non-hydrogen) atoms. The average molecular weight is 416 g/mol. The SMILES string of the molecule is CC(C)(C)N(Cc1ccc(Cl)cc1)C(=O)Oc1ccc(Br)c(F)n1. The molecule has 1 aromatic heterocycles. The van der Waals surface area contributed by atoms with Gasteiger partial charge in [0.05, 0.1) is 4.47 Å². The number of halogens is 3. The first-order chi connectivity index (χ1) is 11.2. The van der Waals surface area contributed by atoms with Crippen LogP contribution in [0, 0.1) is 5.95 Å². The van der Waals surface area contributed by atoms with Crippen LogP contribution in [-0.2, 0) is 6.54 Å². The standard InChI is InChI=1S/C17H17BrClFN2O2/c1-17(2,3)22(10-11-4-6-12(19)7-5-11)16(23)24-14-9-8-13(18)15(20)21-14/h4-9H,10H2,1-3H3. The van der Waals surface area contributed by atoms with E-state index in [1.54, 1.807) is 12.1 Å². The molecule has 128 valence electrons. The van der Waals surface area contributed by atoms with Gasteiger partial charge in [-0.05, 0) is 60.5 Å². The summed E-state index contributed by atoms with van der Waals surface area (Å²) in [6, 6.07) is 10.1. The maximum absolute atomic E-state index is 13.5. The third-order valence-electron chi connectivity index (χ3n) is 3.25. The van der Waals surface area contributed by atoms with Crippen molar-refractivity contribution in [1.82, 2.24) is 9.88 Å². The van der Waals surface area contributed by atoms with Crippen LogP contribution in [-0.4, -0.2) is 21.5 Å². The molecule has 2 rings (SSSR count). The molecule has 1 aromatic carbocycles. The molecule has 1 amide bonds. The van der Waals surface area contributed by atoms with Crippen LogP contribution >= 0.6 is 27.5 Å². The van der Waals surface area contributed by atoms with E-state index in [2.05, 4.69) is 20.9 Å². The van der Waals surface area contributed by atoms with E-state index in [0.29, 0.717) is 11.6 Å². The summed E-state index contributed by atoms with van der Waals surface area (Å²) in [4.78, 5) is 17.7. The molecule has 0 radical (unpaired) electrons. The monoisotopic (exact) mass is 414 g/mol. The first-order valence-corrected chi connectivity index (χ1v) is 8.40. The zero-order valence-electron chi connectivity index (χ0n) is 13.5. The summed E-state index contributed by atoms with van der Waals surface area (Å²) in [5.74, 6) is -0.827. The fourth-order valence-corrected chi connectivity index (χ4v) is 2.30. The molecule has 0 atom stereocenters. The molecular weight excluding hydrogens is 399 g/mol. The number of rotatable bonds is 3. The van der Waals surface area contributed by atoms with Crippen molar-refractivity contribution in [3.8, 4) is 5.88 Å². The lowest BCUT2D eigenvalue weighted by molar-refractivity contribution is 0.100. The highest BCUT2D eigenvalue weighted by atomic mass is 79.9. The minimum atomic E-state index is -0.736.